The van der Waals surface area contributed by atoms with Crippen molar-refractivity contribution in [3.63, 3.8) is 0 Å². The molecule has 0 saturated heterocycles. The molecule has 1 atom stereocenters. The summed E-state index contributed by atoms with van der Waals surface area (Å²) in [7, 11) is 0. The molecule has 102 valence electrons. The molecule has 2 aromatic carbocycles. The Labute approximate surface area is 120 Å². The third kappa shape index (κ3) is 2.60. The molecule has 3 rings (SSSR count). The van der Waals surface area contributed by atoms with Crippen LogP contribution in [0.2, 0.25) is 5.02 Å². The highest BCUT2D eigenvalue weighted by molar-refractivity contribution is 6.30. The zero-order valence-corrected chi connectivity index (χ0v) is 11.5. The van der Waals surface area contributed by atoms with Crippen molar-refractivity contribution in [2.45, 2.75) is 13.0 Å². The molecule has 0 saturated carbocycles. The van der Waals surface area contributed by atoms with Crippen LogP contribution in [0.25, 0.3) is 11.0 Å². The first-order valence-corrected chi connectivity index (χ1v) is 6.57. The van der Waals surface area contributed by atoms with E-state index < -0.39 is 0 Å². The zero-order chi connectivity index (χ0) is 14.1. The lowest BCUT2D eigenvalue weighted by molar-refractivity contribution is 0.218. The van der Waals surface area contributed by atoms with Crippen LogP contribution < -0.4 is 4.74 Å². The van der Waals surface area contributed by atoms with Gasteiger partial charge in [0.2, 0.25) is 0 Å². The summed E-state index contributed by atoms with van der Waals surface area (Å²) in [5, 5.41) is 0.612. The fourth-order valence-electron chi connectivity index (χ4n) is 1.99. The number of imidazole rings is 1. The molecule has 3 aromatic rings. The van der Waals surface area contributed by atoms with E-state index in [1.807, 2.05) is 19.1 Å². The number of rotatable bonds is 3. The molecule has 5 heteroatoms. The molecule has 0 aliphatic heterocycles. The summed E-state index contributed by atoms with van der Waals surface area (Å²) < 4.78 is 18.9. The first-order valence-electron chi connectivity index (χ1n) is 6.19. The van der Waals surface area contributed by atoms with Crippen molar-refractivity contribution in [1.29, 1.82) is 0 Å². The molecule has 1 unspecified atom stereocenters. The maximum Gasteiger partial charge on any atom is 0.153 e. The molecule has 0 amide bonds. The first-order chi connectivity index (χ1) is 9.61. The van der Waals surface area contributed by atoms with Crippen molar-refractivity contribution in [2.75, 3.05) is 0 Å². The van der Waals surface area contributed by atoms with Crippen molar-refractivity contribution in [3.05, 3.63) is 59.1 Å². The number of hydrogen-bond acceptors (Lipinski definition) is 2. The molecule has 1 heterocycles. The zero-order valence-electron chi connectivity index (χ0n) is 10.7. The van der Waals surface area contributed by atoms with Gasteiger partial charge in [-0.25, -0.2) is 9.37 Å². The predicted molar refractivity (Wildman–Crippen MR) is 76.5 cm³/mol. The SMILES string of the molecule is CC(Oc1cccc(Cl)c1)c1nc2ccc(F)cc2[nH]1. The number of benzene rings is 2. The van der Waals surface area contributed by atoms with Gasteiger partial charge >= 0.3 is 0 Å². The summed E-state index contributed by atoms with van der Waals surface area (Å²) in [5.41, 5.74) is 1.37. The second-order valence-electron chi connectivity index (χ2n) is 4.50. The fraction of sp³-hybridized carbons (Fsp3) is 0.133. The van der Waals surface area contributed by atoms with Crippen molar-refractivity contribution >= 4 is 22.6 Å². The number of ether oxygens (including phenoxy) is 1. The summed E-state index contributed by atoms with van der Waals surface area (Å²) in [6.07, 6.45) is -0.288. The molecule has 1 N–H and O–H groups in total. The van der Waals surface area contributed by atoms with Crippen LogP contribution in [0.3, 0.4) is 0 Å². The highest BCUT2D eigenvalue weighted by atomic mass is 35.5. The Morgan fingerprint density at radius 1 is 1.25 bits per heavy atom. The summed E-state index contributed by atoms with van der Waals surface area (Å²) in [4.78, 5) is 7.45. The van der Waals surface area contributed by atoms with E-state index in [0.29, 0.717) is 27.6 Å². The number of nitrogens with one attached hydrogen (secondary N) is 1. The normalized spacial score (nSPS) is 12.6. The maximum absolute atomic E-state index is 13.1. The summed E-state index contributed by atoms with van der Waals surface area (Å²) in [6.45, 7) is 1.87. The van der Waals surface area contributed by atoms with Crippen LogP contribution in [0, 0.1) is 5.82 Å². The van der Waals surface area contributed by atoms with Crippen LogP contribution in [0.15, 0.2) is 42.5 Å². The average Bonchev–Trinajstić information content (AvgIpc) is 2.81. The molecule has 0 spiro atoms. The smallest absolute Gasteiger partial charge is 0.153 e. The fourth-order valence-corrected chi connectivity index (χ4v) is 2.17. The van der Waals surface area contributed by atoms with Crippen molar-refractivity contribution in [1.82, 2.24) is 9.97 Å². The summed E-state index contributed by atoms with van der Waals surface area (Å²) in [5.74, 6) is 1.01. The third-order valence-electron chi connectivity index (χ3n) is 2.96. The monoisotopic (exact) mass is 290 g/mol. The number of nitrogens with zero attached hydrogens (tertiary/aromatic N) is 1. The van der Waals surface area contributed by atoms with Gasteiger partial charge in [0, 0.05) is 5.02 Å². The average molecular weight is 291 g/mol. The predicted octanol–water partition coefficient (Wildman–Crippen LogP) is 4.50. The minimum absolute atomic E-state index is 0.288. The van der Waals surface area contributed by atoms with Gasteiger partial charge in [-0.15, -0.1) is 0 Å². The van der Waals surface area contributed by atoms with Gasteiger partial charge in [-0.1, -0.05) is 17.7 Å². The van der Waals surface area contributed by atoms with E-state index in [9.17, 15) is 4.39 Å². The number of aromatic amines is 1. The molecule has 0 bridgehead atoms. The Morgan fingerprint density at radius 3 is 2.90 bits per heavy atom. The Bertz CT molecular complexity index is 756. The largest absolute Gasteiger partial charge is 0.483 e. The van der Waals surface area contributed by atoms with Gasteiger partial charge in [-0.2, -0.15) is 0 Å². The van der Waals surface area contributed by atoms with E-state index in [0.717, 1.165) is 0 Å². The molecular formula is C15H12ClFN2O. The minimum atomic E-state index is -0.295. The van der Waals surface area contributed by atoms with Crippen LogP contribution in [0.5, 0.6) is 5.75 Å². The van der Waals surface area contributed by atoms with Gasteiger partial charge in [0.05, 0.1) is 11.0 Å². The number of halogens is 2. The van der Waals surface area contributed by atoms with Crippen LogP contribution >= 0.6 is 11.6 Å². The Kier molecular flexibility index (Phi) is 3.32. The van der Waals surface area contributed by atoms with E-state index in [1.165, 1.54) is 12.1 Å². The lowest BCUT2D eigenvalue weighted by Gasteiger charge is -2.12. The minimum Gasteiger partial charge on any atom is -0.483 e. The van der Waals surface area contributed by atoms with Crippen LogP contribution in [0.1, 0.15) is 18.9 Å². The molecule has 0 fully saturated rings. The second-order valence-corrected chi connectivity index (χ2v) is 4.94. The molecular weight excluding hydrogens is 279 g/mol. The van der Waals surface area contributed by atoms with Crippen LogP contribution in [0.4, 0.5) is 4.39 Å². The Hall–Kier alpha value is -2.07. The van der Waals surface area contributed by atoms with Gasteiger partial charge in [0.1, 0.15) is 17.4 Å². The third-order valence-corrected chi connectivity index (χ3v) is 3.19. The summed E-state index contributed by atoms with van der Waals surface area (Å²) >= 11 is 5.91. The number of H-pyrrole nitrogens is 1. The highest BCUT2D eigenvalue weighted by Gasteiger charge is 2.13. The van der Waals surface area contributed by atoms with Crippen LogP contribution in [-0.2, 0) is 0 Å². The quantitative estimate of drug-likeness (QED) is 0.771. The number of hydrogen-bond donors (Lipinski definition) is 1. The molecule has 0 radical (unpaired) electrons. The molecule has 0 aliphatic rings. The van der Waals surface area contributed by atoms with Gasteiger partial charge < -0.3 is 9.72 Å². The van der Waals surface area contributed by atoms with E-state index in [1.54, 1.807) is 18.2 Å². The molecule has 1 aromatic heterocycles. The molecule has 0 aliphatic carbocycles. The highest BCUT2D eigenvalue weighted by Crippen LogP contribution is 2.24. The van der Waals surface area contributed by atoms with Gasteiger partial charge in [0.15, 0.2) is 6.10 Å². The molecule has 20 heavy (non-hydrogen) atoms. The Morgan fingerprint density at radius 2 is 2.10 bits per heavy atom. The van der Waals surface area contributed by atoms with Crippen LogP contribution in [-0.4, -0.2) is 9.97 Å². The van der Waals surface area contributed by atoms with Crippen molar-refractivity contribution < 1.29 is 9.13 Å². The lowest BCUT2D eigenvalue weighted by Crippen LogP contribution is -2.04. The van der Waals surface area contributed by atoms with Gasteiger partial charge in [-0.3, -0.25) is 0 Å². The summed E-state index contributed by atoms with van der Waals surface area (Å²) in [6, 6.07) is 11.6. The van der Waals surface area contributed by atoms with Gasteiger partial charge in [0.25, 0.3) is 0 Å². The van der Waals surface area contributed by atoms with Gasteiger partial charge in [-0.05, 0) is 43.3 Å². The first kappa shape index (κ1) is 12.9. The molecule has 3 nitrogen and oxygen atoms in total. The topological polar surface area (TPSA) is 37.9 Å². The van der Waals surface area contributed by atoms with E-state index in [4.69, 9.17) is 16.3 Å². The lowest BCUT2D eigenvalue weighted by atomic mass is 10.3. The van der Waals surface area contributed by atoms with E-state index >= 15 is 0 Å². The van der Waals surface area contributed by atoms with Crippen molar-refractivity contribution in [2.24, 2.45) is 0 Å². The number of fused-ring (bicyclic) bond motifs is 1. The van der Waals surface area contributed by atoms with E-state index in [2.05, 4.69) is 9.97 Å². The van der Waals surface area contributed by atoms with Crippen molar-refractivity contribution in [3.8, 4) is 5.75 Å². The second kappa shape index (κ2) is 5.13. The standard InChI is InChI=1S/C15H12ClFN2O/c1-9(20-12-4-2-3-10(16)7-12)15-18-13-6-5-11(17)8-14(13)19-15/h2-9H,1H3,(H,18,19). The van der Waals surface area contributed by atoms with E-state index in [-0.39, 0.29) is 11.9 Å². The Balaban J connectivity index is 1.86. The maximum atomic E-state index is 13.1. The number of aromatic nitrogens is 2.